The first-order chi connectivity index (χ1) is 9.20. The second kappa shape index (κ2) is 5.46. The summed E-state index contributed by atoms with van der Waals surface area (Å²) in [7, 11) is 0. The van der Waals surface area contributed by atoms with Gasteiger partial charge in [-0.25, -0.2) is 0 Å². The molecule has 0 spiro atoms. The summed E-state index contributed by atoms with van der Waals surface area (Å²) in [6.07, 6.45) is 2.33. The molecule has 1 aliphatic carbocycles. The molecule has 19 heavy (non-hydrogen) atoms. The Hall–Kier alpha value is -1.14. The first-order valence-corrected chi connectivity index (χ1v) is 7.09. The number of anilines is 2. The number of nitrogens with one attached hydrogen (secondary N) is 1. The molecule has 0 amide bonds. The molecule has 0 unspecified atom stereocenters. The van der Waals surface area contributed by atoms with E-state index in [9.17, 15) is 0 Å². The number of ether oxygens (including phenoxy) is 1. The van der Waals surface area contributed by atoms with Gasteiger partial charge in [0.25, 0.3) is 0 Å². The van der Waals surface area contributed by atoms with Crippen molar-refractivity contribution in [3.8, 4) is 0 Å². The number of aromatic nitrogens is 3. The smallest absolute Gasteiger partial charge is 0.231 e. The van der Waals surface area contributed by atoms with Gasteiger partial charge in [-0.15, -0.1) is 0 Å². The Bertz CT molecular complexity index is 446. The van der Waals surface area contributed by atoms with Crippen molar-refractivity contribution < 1.29 is 4.74 Å². The molecule has 1 N–H and O–H groups in total. The first kappa shape index (κ1) is 12.9. The fourth-order valence-corrected chi connectivity index (χ4v) is 2.67. The number of hydrogen-bond acceptors (Lipinski definition) is 6. The Balaban J connectivity index is 1.71. The maximum atomic E-state index is 5.98. The molecule has 1 aromatic heterocycles. The lowest BCUT2D eigenvalue weighted by Crippen LogP contribution is -2.38. The summed E-state index contributed by atoms with van der Waals surface area (Å²) in [5.74, 6) is 2.00. The van der Waals surface area contributed by atoms with E-state index in [0.717, 1.165) is 31.8 Å². The molecule has 2 fully saturated rings. The summed E-state index contributed by atoms with van der Waals surface area (Å²) in [5, 5.41) is 3.57. The van der Waals surface area contributed by atoms with Crippen molar-refractivity contribution in [2.24, 2.45) is 5.92 Å². The second-order valence-corrected chi connectivity index (χ2v) is 5.58. The van der Waals surface area contributed by atoms with Gasteiger partial charge in [0.05, 0.1) is 13.2 Å². The Morgan fingerprint density at radius 2 is 1.95 bits per heavy atom. The van der Waals surface area contributed by atoms with E-state index in [1.807, 2.05) is 0 Å². The third kappa shape index (κ3) is 3.06. The minimum Gasteiger partial charge on any atom is -0.378 e. The highest BCUT2D eigenvalue weighted by atomic mass is 35.5. The van der Waals surface area contributed by atoms with Gasteiger partial charge in [0.15, 0.2) is 0 Å². The normalized spacial score (nSPS) is 26.9. The molecule has 0 bridgehead atoms. The lowest BCUT2D eigenvalue weighted by Gasteiger charge is -2.33. The molecule has 2 aliphatic rings. The van der Waals surface area contributed by atoms with Crippen molar-refractivity contribution in [2.45, 2.75) is 25.8 Å². The van der Waals surface area contributed by atoms with Crippen LogP contribution in [0.4, 0.5) is 11.9 Å². The van der Waals surface area contributed by atoms with E-state index in [2.05, 4.69) is 32.1 Å². The molecule has 104 valence electrons. The molecule has 1 aliphatic heterocycles. The molecule has 0 radical (unpaired) electrons. The van der Waals surface area contributed by atoms with E-state index in [4.69, 9.17) is 16.3 Å². The van der Waals surface area contributed by atoms with Gasteiger partial charge in [-0.1, -0.05) is 6.92 Å². The molecule has 3 rings (SSSR count). The third-order valence-electron chi connectivity index (χ3n) is 3.60. The van der Waals surface area contributed by atoms with Crippen LogP contribution in [0.25, 0.3) is 0 Å². The van der Waals surface area contributed by atoms with Crippen LogP contribution in [0, 0.1) is 5.92 Å². The van der Waals surface area contributed by atoms with E-state index in [0.29, 0.717) is 31.2 Å². The minimum absolute atomic E-state index is 0.242. The minimum atomic E-state index is 0.242. The Morgan fingerprint density at radius 1 is 1.21 bits per heavy atom. The molecular weight excluding hydrogens is 266 g/mol. The van der Waals surface area contributed by atoms with Crippen molar-refractivity contribution in [3.63, 3.8) is 0 Å². The zero-order valence-electron chi connectivity index (χ0n) is 11.0. The highest BCUT2D eigenvalue weighted by molar-refractivity contribution is 6.28. The summed E-state index contributed by atoms with van der Waals surface area (Å²) in [4.78, 5) is 14.9. The Morgan fingerprint density at radius 3 is 2.63 bits per heavy atom. The Labute approximate surface area is 117 Å². The third-order valence-corrected chi connectivity index (χ3v) is 3.77. The number of morpholine rings is 1. The highest BCUT2D eigenvalue weighted by Gasteiger charge is 2.26. The zero-order chi connectivity index (χ0) is 13.2. The van der Waals surface area contributed by atoms with Gasteiger partial charge in [0.2, 0.25) is 17.2 Å². The van der Waals surface area contributed by atoms with Gasteiger partial charge in [0, 0.05) is 19.1 Å². The van der Waals surface area contributed by atoms with E-state index in [1.54, 1.807) is 0 Å². The fourth-order valence-electron chi connectivity index (χ4n) is 2.51. The van der Waals surface area contributed by atoms with Gasteiger partial charge in [-0.05, 0) is 30.4 Å². The van der Waals surface area contributed by atoms with Gasteiger partial charge < -0.3 is 15.0 Å². The van der Waals surface area contributed by atoms with Crippen LogP contribution in [0.3, 0.4) is 0 Å². The van der Waals surface area contributed by atoms with Crippen molar-refractivity contribution in [2.75, 3.05) is 36.5 Å². The molecule has 6 nitrogen and oxygen atoms in total. The molecule has 7 heteroatoms. The van der Waals surface area contributed by atoms with Crippen molar-refractivity contribution >= 4 is 23.5 Å². The van der Waals surface area contributed by atoms with E-state index < -0.39 is 0 Å². The van der Waals surface area contributed by atoms with Crippen LogP contribution >= 0.6 is 11.6 Å². The van der Waals surface area contributed by atoms with Gasteiger partial charge in [0.1, 0.15) is 0 Å². The van der Waals surface area contributed by atoms with Crippen LogP contribution in [-0.4, -0.2) is 47.3 Å². The maximum absolute atomic E-state index is 5.98. The topological polar surface area (TPSA) is 63.2 Å². The number of rotatable bonds is 3. The molecule has 1 aromatic rings. The van der Waals surface area contributed by atoms with Gasteiger partial charge >= 0.3 is 0 Å². The fraction of sp³-hybridized carbons (Fsp3) is 0.750. The summed E-state index contributed by atoms with van der Waals surface area (Å²) in [6, 6.07) is 0.464. The summed E-state index contributed by atoms with van der Waals surface area (Å²) in [5.41, 5.74) is 0. The quantitative estimate of drug-likeness (QED) is 0.908. The number of nitrogens with zero attached hydrogens (tertiary/aromatic N) is 4. The van der Waals surface area contributed by atoms with E-state index in [-0.39, 0.29) is 5.28 Å². The SMILES string of the molecule is CC1CC(Nc2nc(Cl)nc(N3CCOCC3)n2)C1. The van der Waals surface area contributed by atoms with Crippen molar-refractivity contribution in [1.82, 2.24) is 15.0 Å². The maximum Gasteiger partial charge on any atom is 0.231 e. The van der Waals surface area contributed by atoms with Crippen LogP contribution in [0.15, 0.2) is 0 Å². The van der Waals surface area contributed by atoms with E-state index in [1.165, 1.54) is 0 Å². The van der Waals surface area contributed by atoms with Crippen LogP contribution in [0.2, 0.25) is 5.28 Å². The predicted molar refractivity (Wildman–Crippen MR) is 73.7 cm³/mol. The lowest BCUT2D eigenvalue weighted by atomic mass is 9.82. The molecule has 0 aromatic carbocycles. The first-order valence-electron chi connectivity index (χ1n) is 6.71. The van der Waals surface area contributed by atoms with Crippen LogP contribution < -0.4 is 10.2 Å². The standard InChI is InChI=1S/C12H18ClN5O/c1-8-6-9(7-8)14-11-15-10(13)16-12(17-11)18-2-4-19-5-3-18/h8-9H,2-7H2,1H3,(H,14,15,16,17). The van der Waals surface area contributed by atoms with Crippen LogP contribution in [-0.2, 0) is 4.74 Å². The summed E-state index contributed by atoms with van der Waals surface area (Å²) >= 11 is 5.98. The number of halogens is 1. The zero-order valence-corrected chi connectivity index (χ0v) is 11.7. The lowest BCUT2D eigenvalue weighted by molar-refractivity contribution is 0.122. The predicted octanol–water partition coefficient (Wildman–Crippen LogP) is 1.57. The number of hydrogen-bond donors (Lipinski definition) is 1. The molecular formula is C12H18ClN5O. The molecule has 0 atom stereocenters. The Kier molecular flexibility index (Phi) is 3.70. The van der Waals surface area contributed by atoms with Crippen LogP contribution in [0.1, 0.15) is 19.8 Å². The highest BCUT2D eigenvalue weighted by Crippen LogP contribution is 2.29. The van der Waals surface area contributed by atoms with Gasteiger partial charge in [-0.2, -0.15) is 15.0 Å². The second-order valence-electron chi connectivity index (χ2n) is 5.25. The average molecular weight is 284 g/mol. The molecule has 1 saturated carbocycles. The van der Waals surface area contributed by atoms with Gasteiger partial charge in [-0.3, -0.25) is 0 Å². The summed E-state index contributed by atoms with van der Waals surface area (Å²) in [6.45, 7) is 5.23. The van der Waals surface area contributed by atoms with Crippen LogP contribution in [0.5, 0.6) is 0 Å². The molecule has 2 heterocycles. The molecule has 1 saturated heterocycles. The largest absolute Gasteiger partial charge is 0.378 e. The summed E-state index contributed by atoms with van der Waals surface area (Å²) < 4.78 is 5.32. The monoisotopic (exact) mass is 283 g/mol. The van der Waals surface area contributed by atoms with E-state index >= 15 is 0 Å². The average Bonchev–Trinajstić information content (AvgIpc) is 2.37. The van der Waals surface area contributed by atoms with Crippen molar-refractivity contribution in [3.05, 3.63) is 5.28 Å². The van der Waals surface area contributed by atoms with Crippen molar-refractivity contribution in [1.29, 1.82) is 0 Å².